The molecule has 0 heterocycles. The van der Waals surface area contributed by atoms with Crippen LogP contribution in [-0.2, 0) is 28.6 Å². The average Bonchev–Trinajstić information content (AvgIpc) is 3.40. The zero-order valence-corrected chi connectivity index (χ0v) is 48.3. The number of ether oxygens (including phenoxy) is 3. The van der Waals surface area contributed by atoms with Crippen molar-refractivity contribution in [2.75, 3.05) is 13.2 Å². The highest BCUT2D eigenvalue weighted by molar-refractivity contribution is 5.71. The van der Waals surface area contributed by atoms with Crippen molar-refractivity contribution in [1.82, 2.24) is 0 Å². The van der Waals surface area contributed by atoms with Crippen LogP contribution in [-0.4, -0.2) is 37.2 Å². The van der Waals surface area contributed by atoms with Crippen molar-refractivity contribution in [2.24, 2.45) is 0 Å². The van der Waals surface area contributed by atoms with E-state index in [0.717, 1.165) is 103 Å². The van der Waals surface area contributed by atoms with Gasteiger partial charge >= 0.3 is 17.9 Å². The molecule has 6 nitrogen and oxygen atoms in total. The summed E-state index contributed by atoms with van der Waals surface area (Å²) in [6, 6.07) is 0. The molecule has 0 amide bonds. The Hall–Kier alpha value is -3.93. The van der Waals surface area contributed by atoms with Crippen LogP contribution in [0.3, 0.4) is 0 Å². The van der Waals surface area contributed by atoms with Crippen LogP contribution in [0.5, 0.6) is 0 Å². The summed E-state index contributed by atoms with van der Waals surface area (Å²) < 4.78 is 16.9. The molecule has 0 bridgehead atoms. The summed E-state index contributed by atoms with van der Waals surface area (Å²) in [4.78, 5) is 38.3. The first-order valence-corrected chi connectivity index (χ1v) is 30.9. The Morgan fingerprint density at radius 3 is 0.892 bits per heavy atom. The van der Waals surface area contributed by atoms with E-state index in [1.807, 2.05) is 0 Å². The Labute approximate surface area is 457 Å². The van der Waals surface area contributed by atoms with Crippen LogP contribution >= 0.6 is 0 Å². The Morgan fingerprint density at radius 2 is 0.541 bits per heavy atom. The first-order valence-electron chi connectivity index (χ1n) is 30.9. The SMILES string of the molecule is CC/C=C\C/C=C\C/C=C\C/C=C\C/C=C\CCCC(=O)OCC(COC(=O)CCCCCCCC/C=C\C/C=C\C/C=C\CCCCCCC)OC(=O)CCCCCCCCC/C=C\CCCCCCCCC. The molecule has 0 aromatic rings. The number of unbranched alkanes of at least 4 members (excludes halogenated alkanes) is 26. The van der Waals surface area contributed by atoms with Gasteiger partial charge in [-0.3, -0.25) is 14.4 Å². The lowest BCUT2D eigenvalue weighted by Gasteiger charge is -2.18. The highest BCUT2D eigenvalue weighted by Gasteiger charge is 2.19. The van der Waals surface area contributed by atoms with E-state index in [1.54, 1.807) is 0 Å². The number of allylic oxidation sites excluding steroid dienone is 18. The number of esters is 3. The predicted octanol–water partition coefficient (Wildman–Crippen LogP) is 21.0. The van der Waals surface area contributed by atoms with E-state index >= 15 is 0 Å². The minimum atomic E-state index is -0.812. The second kappa shape index (κ2) is 61.6. The molecular formula is C68H114O6. The zero-order chi connectivity index (χ0) is 53.6. The molecule has 0 saturated heterocycles. The molecule has 0 N–H and O–H groups in total. The lowest BCUT2D eigenvalue weighted by Crippen LogP contribution is -2.30. The van der Waals surface area contributed by atoms with E-state index in [9.17, 15) is 14.4 Å². The van der Waals surface area contributed by atoms with Crippen molar-refractivity contribution >= 4 is 17.9 Å². The van der Waals surface area contributed by atoms with Crippen LogP contribution in [0.25, 0.3) is 0 Å². The van der Waals surface area contributed by atoms with Crippen molar-refractivity contribution in [3.8, 4) is 0 Å². The number of hydrogen-bond donors (Lipinski definition) is 0. The van der Waals surface area contributed by atoms with Gasteiger partial charge in [0.15, 0.2) is 6.10 Å². The fourth-order valence-corrected chi connectivity index (χ4v) is 8.36. The van der Waals surface area contributed by atoms with Gasteiger partial charge in [0, 0.05) is 19.3 Å². The minimum Gasteiger partial charge on any atom is -0.462 e. The van der Waals surface area contributed by atoms with Crippen LogP contribution < -0.4 is 0 Å². The Morgan fingerprint density at radius 1 is 0.284 bits per heavy atom. The largest absolute Gasteiger partial charge is 0.462 e. The van der Waals surface area contributed by atoms with Gasteiger partial charge in [-0.25, -0.2) is 0 Å². The maximum absolute atomic E-state index is 12.9. The molecule has 0 radical (unpaired) electrons. The van der Waals surface area contributed by atoms with Crippen LogP contribution in [0.15, 0.2) is 109 Å². The third-order valence-electron chi connectivity index (χ3n) is 13.0. The van der Waals surface area contributed by atoms with Crippen LogP contribution in [0.4, 0.5) is 0 Å². The second-order valence-electron chi connectivity index (χ2n) is 20.2. The first-order chi connectivity index (χ1) is 36.5. The Kier molecular flexibility index (Phi) is 58.3. The summed E-state index contributed by atoms with van der Waals surface area (Å²) in [5.41, 5.74) is 0. The van der Waals surface area contributed by atoms with E-state index in [2.05, 4.69) is 130 Å². The molecule has 0 spiro atoms. The van der Waals surface area contributed by atoms with Gasteiger partial charge in [-0.15, -0.1) is 0 Å². The third-order valence-corrected chi connectivity index (χ3v) is 13.0. The molecule has 1 atom stereocenters. The molecule has 0 fully saturated rings. The highest BCUT2D eigenvalue weighted by Crippen LogP contribution is 2.15. The molecule has 74 heavy (non-hydrogen) atoms. The van der Waals surface area contributed by atoms with Crippen LogP contribution in [0, 0.1) is 0 Å². The average molecular weight is 1030 g/mol. The fourth-order valence-electron chi connectivity index (χ4n) is 8.36. The molecule has 422 valence electrons. The molecule has 0 aliphatic heterocycles. The normalized spacial score (nSPS) is 12.9. The summed E-state index contributed by atoms with van der Waals surface area (Å²) in [5.74, 6) is -0.977. The maximum Gasteiger partial charge on any atom is 0.306 e. The summed E-state index contributed by atoms with van der Waals surface area (Å²) >= 11 is 0. The fraction of sp³-hybridized carbons (Fsp3) is 0.691. The first kappa shape index (κ1) is 70.1. The molecule has 1 unspecified atom stereocenters. The van der Waals surface area contributed by atoms with Gasteiger partial charge in [0.2, 0.25) is 0 Å². The Balaban J connectivity index is 4.49. The Bertz CT molecular complexity index is 1510. The van der Waals surface area contributed by atoms with Crippen molar-refractivity contribution in [3.05, 3.63) is 109 Å². The van der Waals surface area contributed by atoms with Gasteiger partial charge in [-0.05, 0) is 122 Å². The van der Waals surface area contributed by atoms with Gasteiger partial charge < -0.3 is 14.2 Å². The van der Waals surface area contributed by atoms with Crippen molar-refractivity contribution < 1.29 is 28.6 Å². The zero-order valence-electron chi connectivity index (χ0n) is 48.3. The maximum atomic E-state index is 12.9. The molecule has 0 aliphatic carbocycles. The van der Waals surface area contributed by atoms with E-state index < -0.39 is 6.10 Å². The van der Waals surface area contributed by atoms with Crippen molar-refractivity contribution in [1.29, 1.82) is 0 Å². The summed E-state index contributed by atoms with van der Waals surface area (Å²) in [6.45, 7) is 6.46. The monoisotopic (exact) mass is 1030 g/mol. The lowest BCUT2D eigenvalue weighted by molar-refractivity contribution is -0.167. The predicted molar refractivity (Wildman–Crippen MR) is 320 cm³/mol. The third kappa shape index (κ3) is 59.0. The number of carbonyl (C=O) groups excluding carboxylic acids is 3. The van der Waals surface area contributed by atoms with Crippen LogP contribution in [0.1, 0.15) is 284 Å². The van der Waals surface area contributed by atoms with Gasteiger partial charge in [0.05, 0.1) is 0 Å². The van der Waals surface area contributed by atoms with E-state index in [0.29, 0.717) is 19.3 Å². The van der Waals surface area contributed by atoms with Crippen LogP contribution in [0.2, 0.25) is 0 Å². The van der Waals surface area contributed by atoms with E-state index in [-0.39, 0.29) is 37.5 Å². The molecule has 0 rings (SSSR count). The molecule has 0 aromatic carbocycles. The molecule has 6 heteroatoms. The van der Waals surface area contributed by atoms with Crippen molar-refractivity contribution in [2.45, 2.75) is 290 Å². The molecule has 0 aromatic heterocycles. The minimum absolute atomic E-state index is 0.105. The van der Waals surface area contributed by atoms with Gasteiger partial charge in [-0.1, -0.05) is 252 Å². The van der Waals surface area contributed by atoms with Gasteiger partial charge in [0.25, 0.3) is 0 Å². The van der Waals surface area contributed by atoms with E-state index in [1.165, 1.54) is 135 Å². The standard InChI is InChI=1S/C68H114O6/c1-4-7-10-13-16-19-22-25-28-31-33-34-35-38-40-43-46-49-52-55-58-61-67(70)73-64-65(63-72-66(69)60-57-54-51-48-45-42-39-36-30-27-24-21-18-15-12-9-6-3)74-68(71)62-59-56-53-50-47-44-41-37-32-29-26-23-20-17-14-11-8-5-2/h9,12,18,21-22,25,27,29-33,35,38-39,42,48,51,65H,4-8,10-11,13-17,19-20,23-24,26,28,34,36-37,40-41,43-47,49-50,52-64H2,1-3H3/b12-9-,21-18-,25-22-,30-27-,32-29-,33-31-,38-35-,42-39-,51-48-. The smallest absolute Gasteiger partial charge is 0.306 e. The van der Waals surface area contributed by atoms with Gasteiger partial charge in [0.1, 0.15) is 13.2 Å². The molecule has 0 aliphatic rings. The quantitative estimate of drug-likeness (QED) is 0.0261. The van der Waals surface area contributed by atoms with Gasteiger partial charge in [-0.2, -0.15) is 0 Å². The molecule has 0 saturated carbocycles. The molecular weight excluding hydrogens is 913 g/mol. The van der Waals surface area contributed by atoms with Crippen molar-refractivity contribution in [3.63, 3.8) is 0 Å². The number of hydrogen-bond acceptors (Lipinski definition) is 6. The summed E-state index contributed by atoms with van der Waals surface area (Å²) in [7, 11) is 0. The summed E-state index contributed by atoms with van der Waals surface area (Å²) in [6.07, 6.45) is 83.7. The highest BCUT2D eigenvalue weighted by atomic mass is 16.6. The lowest BCUT2D eigenvalue weighted by atomic mass is 10.1. The topological polar surface area (TPSA) is 78.9 Å². The number of carbonyl (C=O) groups is 3. The van der Waals surface area contributed by atoms with E-state index in [4.69, 9.17) is 14.2 Å². The second-order valence-corrected chi connectivity index (χ2v) is 20.2. The number of rotatable bonds is 55. The summed E-state index contributed by atoms with van der Waals surface area (Å²) in [5, 5.41) is 0.